The van der Waals surface area contributed by atoms with Crippen LogP contribution < -0.4 is 4.90 Å². The van der Waals surface area contributed by atoms with Gasteiger partial charge in [-0.1, -0.05) is 26.0 Å². The van der Waals surface area contributed by atoms with Crippen LogP contribution in [-0.4, -0.2) is 31.2 Å². The zero-order valence-corrected chi connectivity index (χ0v) is 18.2. The van der Waals surface area contributed by atoms with E-state index in [1.807, 2.05) is 19.9 Å². The van der Waals surface area contributed by atoms with Crippen LogP contribution in [0.4, 0.5) is 10.1 Å². The second-order valence-electron chi connectivity index (χ2n) is 7.19. The van der Waals surface area contributed by atoms with Gasteiger partial charge in [0.05, 0.1) is 23.9 Å². The molecule has 0 aliphatic carbocycles. The number of ether oxygens (including phenoxy) is 1. The van der Waals surface area contributed by atoms with E-state index in [0.29, 0.717) is 11.3 Å². The van der Waals surface area contributed by atoms with Gasteiger partial charge in [0.15, 0.2) is 0 Å². The van der Waals surface area contributed by atoms with Crippen LogP contribution in [-0.2, 0) is 4.74 Å². The number of benzene rings is 2. The molecule has 0 spiro atoms. The Morgan fingerprint density at radius 2 is 1.70 bits per heavy atom. The standard InChI is InChI=1S/C23H23FN2O2.C2H6/c1-15-21(23(27)28-2)22(16-6-8-17(24)9-7-16)19-14-18(10-11-20(19)25-15)26-12-4-3-5-13-26;1-2/h6-11,14H,3-5,12-13H2,1-2H3;1-2H3. The van der Waals surface area contributed by atoms with Gasteiger partial charge in [-0.05, 0) is 62.1 Å². The van der Waals surface area contributed by atoms with Gasteiger partial charge >= 0.3 is 5.97 Å². The van der Waals surface area contributed by atoms with Crippen LogP contribution in [0.2, 0.25) is 0 Å². The Labute approximate surface area is 177 Å². The minimum atomic E-state index is -0.436. The summed E-state index contributed by atoms with van der Waals surface area (Å²) in [5.74, 6) is -0.748. The molecule has 3 aromatic rings. The maximum atomic E-state index is 13.5. The molecule has 0 N–H and O–H groups in total. The van der Waals surface area contributed by atoms with Gasteiger partial charge < -0.3 is 9.64 Å². The normalized spacial score (nSPS) is 13.6. The number of rotatable bonds is 3. The smallest absolute Gasteiger partial charge is 0.340 e. The van der Waals surface area contributed by atoms with Crippen LogP contribution in [0.5, 0.6) is 0 Å². The molecule has 1 aliphatic rings. The summed E-state index contributed by atoms with van der Waals surface area (Å²) in [4.78, 5) is 19.6. The predicted molar refractivity (Wildman–Crippen MR) is 121 cm³/mol. The summed E-state index contributed by atoms with van der Waals surface area (Å²) >= 11 is 0. The van der Waals surface area contributed by atoms with Gasteiger partial charge in [-0.2, -0.15) is 0 Å². The fourth-order valence-corrected chi connectivity index (χ4v) is 3.99. The lowest BCUT2D eigenvalue weighted by molar-refractivity contribution is 0.0600. The molecular weight excluding hydrogens is 379 g/mol. The molecule has 0 radical (unpaired) electrons. The lowest BCUT2D eigenvalue weighted by Crippen LogP contribution is -2.29. The minimum absolute atomic E-state index is 0.313. The molecule has 30 heavy (non-hydrogen) atoms. The van der Waals surface area contributed by atoms with Gasteiger partial charge in [-0.3, -0.25) is 4.98 Å². The number of nitrogens with zero attached hydrogens (tertiary/aromatic N) is 2. The van der Waals surface area contributed by atoms with Gasteiger partial charge in [-0.25, -0.2) is 9.18 Å². The molecule has 0 atom stereocenters. The van der Waals surface area contributed by atoms with Crippen molar-refractivity contribution in [2.24, 2.45) is 0 Å². The predicted octanol–water partition coefficient (Wildman–Crippen LogP) is 6.15. The number of aryl methyl sites for hydroxylation is 1. The third kappa shape index (κ3) is 4.30. The zero-order valence-electron chi connectivity index (χ0n) is 18.2. The van der Waals surface area contributed by atoms with Gasteiger partial charge in [0.2, 0.25) is 0 Å². The Bertz CT molecular complexity index is 1030. The number of methoxy groups -OCH3 is 1. The number of halogens is 1. The third-order valence-electron chi connectivity index (χ3n) is 5.39. The van der Waals surface area contributed by atoms with E-state index in [-0.39, 0.29) is 5.82 Å². The van der Waals surface area contributed by atoms with E-state index >= 15 is 0 Å². The second-order valence-corrected chi connectivity index (χ2v) is 7.19. The first kappa shape index (κ1) is 21.8. The van der Waals surface area contributed by atoms with Crippen LogP contribution in [0.3, 0.4) is 0 Å². The number of piperidine rings is 1. The Hall–Kier alpha value is -2.95. The average Bonchev–Trinajstić information content (AvgIpc) is 2.80. The number of aromatic nitrogens is 1. The van der Waals surface area contributed by atoms with Gasteiger partial charge in [0, 0.05) is 29.7 Å². The maximum Gasteiger partial charge on any atom is 0.340 e. The second kappa shape index (κ2) is 9.70. The summed E-state index contributed by atoms with van der Waals surface area (Å²) in [7, 11) is 1.37. The lowest BCUT2D eigenvalue weighted by Gasteiger charge is -2.29. The van der Waals surface area contributed by atoms with Crippen molar-refractivity contribution in [3.63, 3.8) is 0 Å². The van der Waals surface area contributed by atoms with Crippen molar-refractivity contribution >= 4 is 22.6 Å². The summed E-state index contributed by atoms with van der Waals surface area (Å²) in [5.41, 5.74) is 4.48. The van der Waals surface area contributed by atoms with Crippen molar-refractivity contribution in [2.75, 3.05) is 25.1 Å². The highest BCUT2D eigenvalue weighted by Crippen LogP contribution is 2.36. The first-order valence-corrected chi connectivity index (χ1v) is 10.6. The van der Waals surface area contributed by atoms with Crippen LogP contribution in [0.15, 0.2) is 42.5 Å². The molecule has 4 rings (SSSR count). The molecule has 1 saturated heterocycles. The number of carbonyl (C=O) groups excluding carboxylic acids is 1. The monoisotopic (exact) mass is 408 g/mol. The van der Waals surface area contributed by atoms with Crippen molar-refractivity contribution in [1.82, 2.24) is 4.98 Å². The Morgan fingerprint density at radius 3 is 2.33 bits per heavy atom. The van der Waals surface area contributed by atoms with Crippen molar-refractivity contribution in [3.8, 4) is 11.1 Å². The first-order valence-electron chi connectivity index (χ1n) is 10.6. The van der Waals surface area contributed by atoms with Crippen LogP contribution in [0, 0.1) is 12.7 Å². The highest BCUT2D eigenvalue weighted by Gasteiger charge is 2.22. The topological polar surface area (TPSA) is 42.4 Å². The summed E-state index contributed by atoms with van der Waals surface area (Å²) in [6.07, 6.45) is 3.63. The van der Waals surface area contributed by atoms with Crippen LogP contribution in [0.1, 0.15) is 49.2 Å². The summed E-state index contributed by atoms with van der Waals surface area (Å²) in [5, 5.41) is 0.876. The quantitative estimate of drug-likeness (QED) is 0.487. The van der Waals surface area contributed by atoms with E-state index in [1.54, 1.807) is 19.1 Å². The van der Waals surface area contributed by atoms with E-state index in [4.69, 9.17) is 4.74 Å². The molecular formula is C25H29FN2O2. The third-order valence-corrected chi connectivity index (χ3v) is 5.39. The first-order chi connectivity index (χ1) is 14.6. The number of pyridine rings is 1. The fraction of sp³-hybridized carbons (Fsp3) is 0.360. The van der Waals surface area contributed by atoms with E-state index in [1.165, 1.54) is 38.5 Å². The molecule has 1 aromatic heterocycles. The van der Waals surface area contributed by atoms with Gasteiger partial charge in [0.1, 0.15) is 5.82 Å². The fourth-order valence-electron chi connectivity index (χ4n) is 3.99. The molecule has 4 nitrogen and oxygen atoms in total. The number of fused-ring (bicyclic) bond motifs is 1. The van der Waals surface area contributed by atoms with Crippen LogP contribution >= 0.6 is 0 Å². The molecule has 0 unspecified atom stereocenters. The molecule has 0 amide bonds. The van der Waals surface area contributed by atoms with E-state index in [9.17, 15) is 9.18 Å². The van der Waals surface area contributed by atoms with Gasteiger partial charge in [0.25, 0.3) is 0 Å². The number of carbonyl (C=O) groups is 1. The molecule has 1 aliphatic heterocycles. The molecule has 1 fully saturated rings. The number of esters is 1. The number of hydrogen-bond acceptors (Lipinski definition) is 4. The van der Waals surface area contributed by atoms with Crippen molar-refractivity contribution in [1.29, 1.82) is 0 Å². The van der Waals surface area contributed by atoms with E-state index in [2.05, 4.69) is 22.0 Å². The minimum Gasteiger partial charge on any atom is -0.465 e. The Balaban J connectivity index is 0.00000124. The number of hydrogen-bond donors (Lipinski definition) is 0. The molecule has 0 saturated carbocycles. The Morgan fingerprint density at radius 1 is 1.03 bits per heavy atom. The molecule has 2 heterocycles. The Kier molecular flexibility index (Phi) is 7.03. The lowest BCUT2D eigenvalue weighted by atomic mass is 9.93. The summed E-state index contributed by atoms with van der Waals surface area (Å²) in [6, 6.07) is 12.4. The molecule has 5 heteroatoms. The maximum absolute atomic E-state index is 13.5. The zero-order chi connectivity index (χ0) is 21.7. The summed E-state index contributed by atoms with van der Waals surface area (Å²) < 4.78 is 18.6. The van der Waals surface area contributed by atoms with Crippen molar-refractivity contribution < 1.29 is 13.9 Å². The van der Waals surface area contributed by atoms with Crippen molar-refractivity contribution in [2.45, 2.75) is 40.0 Å². The van der Waals surface area contributed by atoms with Crippen molar-refractivity contribution in [3.05, 3.63) is 59.5 Å². The highest BCUT2D eigenvalue weighted by molar-refractivity contribution is 6.08. The molecule has 158 valence electrons. The van der Waals surface area contributed by atoms with E-state index < -0.39 is 5.97 Å². The molecule has 0 bridgehead atoms. The average molecular weight is 409 g/mol. The van der Waals surface area contributed by atoms with Gasteiger partial charge in [-0.15, -0.1) is 0 Å². The highest BCUT2D eigenvalue weighted by atomic mass is 19.1. The van der Waals surface area contributed by atoms with Crippen LogP contribution in [0.25, 0.3) is 22.0 Å². The molecule has 2 aromatic carbocycles. The number of anilines is 1. The SMILES string of the molecule is CC.COC(=O)c1c(C)nc2ccc(N3CCCCC3)cc2c1-c1ccc(F)cc1. The van der Waals surface area contributed by atoms with E-state index in [0.717, 1.165) is 40.8 Å². The summed E-state index contributed by atoms with van der Waals surface area (Å²) in [6.45, 7) is 7.86. The largest absolute Gasteiger partial charge is 0.465 e.